The first kappa shape index (κ1) is 15.0. The van der Waals surface area contributed by atoms with E-state index < -0.39 is 5.97 Å². The van der Waals surface area contributed by atoms with E-state index in [-0.39, 0.29) is 17.9 Å². The van der Waals surface area contributed by atoms with Gasteiger partial charge >= 0.3 is 5.97 Å². The van der Waals surface area contributed by atoms with Crippen LogP contribution in [0.1, 0.15) is 42.4 Å². The van der Waals surface area contributed by atoms with Gasteiger partial charge < -0.3 is 5.11 Å². The van der Waals surface area contributed by atoms with Gasteiger partial charge in [0.2, 0.25) is 5.95 Å². The van der Waals surface area contributed by atoms with Crippen molar-refractivity contribution in [3.63, 3.8) is 0 Å². The molecule has 2 N–H and O–H groups in total. The maximum Gasteiger partial charge on any atom is 0.307 e. The van der Waals surface area contributed by atoms with E-state index in [0.29, 0.717) is 28.6 Å². The fourth-order valence-corrected chi connectivity index (χ4v) is 2.15. The third-order valence-corrected chi connectivity index (χ3v) is 3.31. The van der Waals surface area contributed by atoms with Gasteiger partial charge in [-0.2, -0.15) is 5.10 Å². The van der Waals surface area contributed by atoms with Crippen LogP contribution < -0.4 is 5.56 Å². The molecule has 0 radical (unpaired) electrons. The topological polar surface area (TPSA) is 101 Å². The second-order valence-electron chi connectivity index (χ2n) is 5.28. The van der Waals surface area contributed by atoms with Gasteiger partial charge in [-0.25, -0.2) is 9.67 Å². The lowest BCUT2D eigenvalue weighted by atomic mass is 10.1. The maximum atomic E-state index is 11.7. The van der Waals surface area contributed by atoms with E-state index in [2.05, 4.69) is 15.1 Å². The minimum atomic E-state index is -0.918. The first-order chi connectivity index (χ1) is 9.79. The third-order valence-electron chi connectivity index (χ3n) is 3.31. The molecule has 0 saturated heterocycles. The van der Waals surface area contributed by atoms with Gasteiger partial charge in [-0.1, -0.05) is 13.8 Å². The Bertz CT molecular complexity index is 743. The zero-order valence-corrected chi connectivity index (χ0v) is 12.5. The summed E-state index contributed by atoms with van der Waals surface area (Å²) < 4.78 is 1.49. The van der Waals surface area contributed by atoms with Crippen LogP contribution in [0.4, 0.5) is 0 Å². The molecular weight excluding hydrogens is 272 g/mol. The quantitative estimate of drug-likeness (QED) is 0.884. The summed E-state index contributed by atoms with van der Waals surface area (Å²) in [4.78, 5) is 29.7. The summed E-state index contributed by atoms with van der Waals surface area (Å²) in [5.41, 5.74) is 2.34. The van der Waals surface area contributed by atoms with Crippen molar-refractivity contribution in [2.24, 2.45) is 0 Å². The number of carboxylic acids is 1. The molecule has 0 saturated carbocycles. The average molecular weight is 290 g/mol. The average Bonchev–Trinajstić information content (AvgIpc) is 2.65. The molecule has 112 valence electrons. The molecule has 0 aliphatic rings. The van der Waals surface area contributed by atoms with Crippen LogP contribution in [-0.2, 0) is 11.2 Å². The smallest absolute Gasteiger partial charge is 0.307 e. The maximum absolute atomic E-state index is 11.7. The lowest BCUT2D eigenvalue weighted by molar-refractivity contribution is -0.136. The van der Waals surface area contributed by atoms with Crippen LogP contribution in [0, 0.1) is 13.8 Å². The molecule has 2 aromatic heterocycles. The predicted octanol–water partition coefficient (Wildman–Crippen LogP) is 1.32. The zero-order chi connectivity index (χ0) is 15.7. The Labute approximate surface area is 121 Å². The second-order valence-corrected chi connectivity index (χ2v) is 5.28. The van der Waals surface area contributed by atoms with Gasteiger partial charge in [0.05, 0.1) is 17.8 Å². The van der Waals surface area contributed by atoms with Crippen LogP contribution in [0.5, 0.6) is 0 Å². The number of hydrogen-bond acceptors (Lipinski definition) is 4. The molecule has 0 aliphatic heterocycles. The van der Waals surface area contributed by atoms with Gasteiger partial charge in [-0.3, -0.25) is 14.6 Å². The highest BCUT2D eigenvalue weighted by Gasteiger charge is 2.17. The van der Waals surface area contributed by atoms with Gasteiger partial charge in [0, 0.05) is 17.3 Å². The number of aliphatic carboxylic acids is 1. The van der Waals surface area contributed by atoms with Crippen LogP contribution >= 0.6 is 0 Å². The number of hydrogen-bond donors (Lipinski definition) is 2. The molecule has 0 fully saturated rings. The fraction of sp³-hybridized carbons (Fsp3) is 0.429. The summed E-state index contributed by atoms with van der Waals surface area (Å²) in [5, 5.41) is 13.2. The lowest BCUT2D eigenvalue weighted by Gasteiger charge is -2.08. The predicted molar refractivity (Wildman–Crippen MR) is 76.9 cm³/mol. The van der Waals surface area contributed by atoms with Gasteiger partial charge in [-0.15, -0.1) is 0 Å². The van der Waals surface area contributed by atoms with Crippen LogP contribution in [0.2, 0.25) is 0 Å². The number of aromatic nitrogens is 4. The van der Waals surface area contributed by atoms with E-state index in [9.17, 15) is 9.59 Å². The normalized spacial score (nSPS) is 11.1. The summed E-state index contributed by atoms with van der Waals surface area (Å²) in [6, 6.07) is 1.46. The molecule has 7 nitrogen and oxygen atoms in total. The van der Waals surface area contributed by atoms with E-state index in [1.54, 1.807) is 13.8 Å². The van der Waals surface area contributed by atoms with Crippen molar-refractivity contribution < 1.29 is 9.90 Å². The summed E-state index contributed by atoms with van der Waals surface area (Å²) in [7, 11) is 0. The Balaban J connectivity index is 2.57. The summed E-state index contributed by atoms with van der Waals surface area (Å²) >= 11 is 0. The van der Waals surface area contributed by atoms with Crippen molar-refractivity contribution in [2.45, 2.75) is 40.0 Å². The number of nitrogens with one attached hydrogen (secondary N) is 1. The second kappa shape index (κ2) is 5.51. The lowest BCUT2D eigenvalue weighted by Crippen LogP contribution is -2.16. The van der Waals surface area contributed by atoms with Crippen LogP contribution in [0.15, 0.2) is 10.9 Å². The van der Waals surface area contributed by atoms with Crippen molar-refractivity contribution in [1.29, 1.82) is 0 Å². The molecule has 2 heterocycles. The highest BCUT2D eigenvalue weighted by atomic mass is 16.4. The number of nitrogens with zero attached hydrogens (tertiary/aromatic N) is 3. The summed E-state index contributed by atoms with van der Waals surface area (Å²) in [6.45, 7) is 7.40. The molecule has 0 unspecified atom stereocenters. The number of carbonyl (C=O) groups is 1. The van der Waals surface area contributed by atoms with Crippen molar-refractivity contribution >= 4 is 5.97 Å². The molecule has 7 heteroatoms. The molecule has 0 spiro atoms. The Morgan fingerprint density at radius 3 is 2.67 bits per heavy atom. The molecule has 0 amide bonds. The van der Waals surface area contributed by atoms with Crippen LogP contribution in [-0.4, -0.2) is 30.8 Å². The first-order valence-corrected chi connectivity index (χ1v) is 6.68. The Morgan fingerprint density at radius 2 is 2.10 bits per heavy atom. The fourth-order valence-electron chi connectivity index (χ4n) is 2.15. The van der Waals surface area contributed by atoms with Gasteiger partial charge in [0.25, 0.3) is 5.56 Å². The number of H-pyrrole nitrogens is 1. The zero-order valence-electron chi connectivity index (χ0n) is 12.5. The minimum Gasteiger partial charge on any atom is -0.481 e. The molecule has 0 atom stereocenters. The van der Waals surface area contributed by atoms with E-state index >= 15 is 0 Å². The van der Waals surface area contributed by atoms with Gasteiger partial charge in [-0.05, 0) is 19.8 Å². The van der Waals surface area contributed by atoms with E-state index in [4.69, 9.17) is 5.11 Å². The van der Waals surface area contributed by atoms with Crippen LogP contribution in [0.3, 0.4) is 0 Å². The monoisotopic (exact) mass is 290 g/mol. The number of aryl methyl sites for hydroxylation is 1. The number of carboxylic acid groups (broad SMARTS) is 1. The molecule has 2 rings (SSSR count). The van der Waals surface area contributed by atoms with Crippen molar-refractivity contribution in [2.75, 3.05) is 0 Å². The largest absolute Gasteiger partial charge is 0.481 e. The molecule has 0 aliphatic carbocycles. The van der Waals surface area contributed by atoms with Crippen molar-refractivity contribution in [1.82, 2.24) is 19.7 Å². The standard InChI is InChI=1S/C14H18N4O3/c1-7(2)11-6-12(19)16-14(15-11)18-9(4)10(5-13(20)21)8(3)17-18/h6-7H,5H2,1-4H3,(H,20,21)(H,15,16,19). The Morgan fingerprint density at radius 1 is 1.43 bits per heavy atom. The highest BCUT2D eigenvalue weighted by molar-refractivity contribution is 5.71. The van der Waals surface area contributed by atoms with Crippen molar-refractivity contribution in [3.05, 3.63) is 39.1 Å². The highest BCUT2D eigenvalue weighted by Crippen LogP contribution is 2.17. The number of aromatic amines is 1. The summed E-state index contributed by atoms with van der Waals surface area (Å²) in [5.74, 6) is -0.497. The Kier molecular flexibility index (Phi) is 3.93. The van der Waals surface area contributed by atoms with Gasteiger partial charge in [0.15, 0.2) is 0 Å². The van der Waals surface area contributed by atoms with Gasteiger partial charge in [0.1, 0.15) is 0 Å². The third kappa shape index (κ3) is 3.01. The van der Waals surface area contributed by atoms with E-state index in [1.165, 1.54) is 10.7 Å². The first-order valence-electron chi connectivity index (χ1n) is 6.68. The van der Waals surface area contributed by atoms with Crippen molar-refractivity contribution in [3.8, 4) is 5.95 Å². The summed E-state index contributed by atoms with van der Waals surface area (Å²) in [6.07, 6.45) is -0.105. The minimum absolute atomic E-state index is 0.105. The SMILES string of the molecule is Cc1nn(-c2nc(C(C)C)cc(=O)[nH]2)c(C)c1CC(=O)O. The van der Waals surface area contributed by atoms with E-state index in [0.717, 1.165) is 0 Å². The van der Waals surface area contributed by atoms with E-state index in [1.807, 2.05) is 13.8 Å². The molecular formula is C14H18N4O3. The number of rotatable bonds is 4. The molecule has 21 heavy (non-hydrogen) atoms. The Hall–Kier alpha value is -2.44. The molecule has 0 aromatic carbocycles. The van der Waals surface area contributed by atoms with Crippen LogP contribution in [0.25, 0.3) is 5.95 Å². The molecule has 2 aromatic rings. The molecule has 0 bridgehead atoms.